The lowest BCUT2D eigenvalue weighted by atomic mass is 9.91. The molecule has 0 saturated heterocycles. The van der Waals surface area contributed by atoms with Crippen molar-refractivity contribution in [2.45, 2.75) is 25.3 Å². The van der Waals surface area contributed by atoms with Crippen molar-refractivity contribution >= 4 is 28.3 Å². The molecule has 1 aromatic carbocycles. The quantitative estimate of drug-likeness (QED) is 0.873. The molecule has 19 heavy (non-hydrogen) atoms. The van der Waals surface area contributed by atoms with Gasteiger partial charge in [-0.15, -0.1) is 0 Å². The van der Waals surface area contributed by atoms with Crippen molar-refractivity contribution in [1.29, 1.82) is 0 Å². The zero-order valence-corrected chi connectivity index (χ0v) is 11.3. The van der Waals surface area contributed by atoms with Crippen molar-refractivity contribution in [2.75, 3.05) is 18.1 Å². The highest BCUT2D eigenvalue weighted by atomic mass is 35.5. The molecule has 0 bridgehead atoms. The summed E-state index contributed by atoms with van der Waals surface area (Å²) in [6.07, 6.45) is 3.54. The summed E-state index contributed by atoms with van der Waals surface area (Å²) in [5.74, 6) is 0.842. The van der Waals surface area contributed by atoms with Crippen molar-refractivity contribution in [1.82, 2.24) is 9.97 Å². The van der Waals surface area contributed by atoms with Gasteiger partial charge in [-0.25, -0.2) is 4.98 Å². The number of aromatic nitrogens is 2. The third kappa shape index (κ3) is 2.38. The van der Waals surface area contributed by atoms with Gasteiger partial charge in [0, 0.05) is 18.0 Å². The first-order valence-electron chi connectivity index (χ1n) is 6.59. The fourth-order valence-electron chi connectivity index (χ4n) is 2.52. The van der Waals surface area contributed by atoms with Gasteiger partial charge < -0.3 is 10.0 Å². The minimum Gasteiger partial charge on any atom is -0.395 e. The number of aliphatic hydroxyl groups excluding tert-OH is 1. The van der Waals surface area contributed by atoms with Crippen molar-refractivity contribution in [2.24, 2.45) is 0 Å². The average Bonchev–Trinajstić information content (AvgIpc) is 2.35. The number of fused-ring (bicyclic) bond motifs is 1. The Hall–Kier alpha value is -1.39. The molecule has 1 aromatic heterocycles. The Balaban J connectivity index is 2.10. The molecule has 0 atom stereocenters. The molecule has 1 saturated carbocycles. The van der Waals surface area contributed by atoms with Crippen LogP contribution in [0.5, 0.6) is 0 Å². The molecule has 100 valence electrons. The zero-order chi connectivity index (χ0) is 13.2. The van der Waals surface area contributed by atoms with Crippen molar-refractivity contribution < 1.29 is 5.11 Å². The maximum absolute atomic E-state index is 9.29. The van der Waals surface area contributed by atoms with Crippen molar-refractivity contribution in [3.8, 4) is 0 Å². The van der Waals surface area contributed by atoms with Gasteiger partial charge >= 0.3 is 0 Å². The topological polar surface area (TPSA) is 49.2 Å². The van der Waals surface area contributed by atoms with Crippen molar-refractivity contribution in [3.63, 3.8) is 0 Å². The van der Waals surface area contributed by atoms with E-state index in [2.05, 4.69) is 14.9 Å². The second-order valence-electron chi connectivity index (χ2n) is 4.84. The number of anilines is 1. The molecule has 0 unspecified atom stereocenters. The van der Waals surface area contributed by atoms with Gasteiger partial charge in [-0.05, 0) is 43.0 Å². The van der Waals surface area contributed by atoms with Crippen LogP contribution in [0.1, 0.15) is 19.3 Å². The van der Waals surface area contributed by atoms with Crippen LogP contribution < -0.4 is 4.90 Å². The third-order valence-electron chi connectivity index (χ3n) is 3.68. The van der Waals surface area contributed by atoms with Crippen LogP contribution in [0.2, 0.25) is 5.28 Å². The summed E-state index contributed by atoms with van der Waals surface area (Å²) in [4.78, 5) is 10.8. The summed E-state index contributed by atoms with van der Waals surface area (Å²) in [5.41, 5.74) is 0.847. The standard InChI is InChI=1S/C14H16ClN3O/c15-14-16-12-7-2-1-6-11(12)13(17-14)18(8-9-19)10-4-3-5-10/h1-2,6-7,10,19H,3-5,8-9H2. The smallest absolute Gasteiger partial charge is 0.224 e. The van der Waals surface area contributed by atoms with Crippen LogP contribution in [0.15, 0.2) is 24.3 Å². The molecule has 0 aliphatic heterocycles. The van der Waals surface area contributed by atoms with E-state index < -0.39 is 0 Å². The van der Waals surface area contributed by atoms with E-state index in [9.17, 15) is 5.11 Å². The van der Waals surface area contributed by atoms with Crippen LogP contribution in [-0.4, -0.2) is 34.3 Å². The lowest BCUT2D eigenvalue weighted by Gasteiger charge is -2.38. The number of benzene rings is 1. The first-order valence-corrected chi connectivity index (χ1v) is 6.97. The van der Waals surface area contributed by atoms with Crippen LogP contribution in [-0.2, 0) is 0 Å². The van der Waals surface area contributed by atoms with Gasteiger partial charge in [0.1, 0.15) is 5.82 Å². The molecule has 0 radical (unpaired) electrons. The number of aliphatic hydroxyl groups is 1. The number of para-hydroxylation sites is 1. The predicted octanol–water partition coefficient (Wildman–Crippen LogP) is 2.63. The highest BCUT2D eigenvalue weighted by Crippen LogP contribution is 2.32. The summed E-state index contributed by atoms with van der Waals surface area (Å²) >= 11 is 6.02. The Morgan fingerprint density at radius 3 is 2.74 bits per heavy atom. The number of halogens is 1. The molecule has 1 heterocycles. The molecular weight excluding hydrogens is 262 g/mol. The van der Waals surface area contributed by atoms with Gasteiger partial charge in [0.25, 0.3) is 0 Å². The molecule has 0 spiro atoms. The summed E-state index contributed by atoms with van der Waals surface area (Å²) in [5, 5.41) is 10.5. The van der Waals surface area contributed by atoms with Gasteiger partial charge in [0.15, 0.2) is 0 Å². The summed E-state index contributed by atoms with van der Waals surface area (Å²) in [6.45, 7) is 0.703. The minimum atomic E-state index is 0.118. The zero-order valence-electron chi connectivity index (χ0n) is 10.6. The Bertz CT molecular complexity index is 586. The van der Waals surface area contributed by atoms with Crippen LogP contribution in [0.25, 0.3) is 10.9 Å². The summed E-state index contributed by atoms with van der Waals surface area (Å²) < 4.78 is 0. The number of nitrogens with zero attached hydrogens (tertiary/aromatic N) is 3. The fourth-order valence-corrected chi connectivity index (χ4v) is 2.69. The lowest BCUT2D eigenvalue weighted by molar-refractivity contribution is 0.283. The molecule has 1 aliphatic rings. The fraction of sp³-hybridized carbons (Fsp3) is 0.429. The van der Waals surface area contributed by atoms with Crippen molar-refractivity contribution in [3.05, 3.63) is 29.5 Å². The van der Waals surface area contributed by atoms with E-state index >= 15 is 0 Å². The minimum absolute atomic E-state index is 0.118. The van der Waals surface area contributed by atoms with Crippen LogP contribution in [0.4, 0.5) is 5.82 Å². The first kappa shape index (κ1) is 12.6. The van der Waals surface area contributed by atoms with Gasteiger partial charge in [-0.2, -0.15) is 4.98 Å². The van der Waals surface area contributed by atoms with Gasteiger partial charge in [-0.1, -0.05) is 12.1 Å². The maximum Gasteiger partial charge on any atom is 0.224 e. The molecule has 3 rings (SSSR count). The van der Waals surface area contributed by atoms with Crippen LogP contribution in [0, 0.1) is 0 Å². The normalized spacial score (nSPS) is 15.5. The molecule has 4 nitrogen and oxygen atoms in total. The SMILES string of the molecule is OCCN(c1nc(Cl)nc2ccccc12)C1CCC1. The molecule has 1 fully saturated rings. The van der Waals surface area contributed by atoms with E-state index in [0.29, 0.717) is 12.6 Å². The number of hydrogen-bond donors (Lipinski definition) is 1. The van der Waals surface area contributed by atoms with E-state index in [0.717, 1.165) is 29.6 Å². The highest BCUT2D eigenvalue weighted by molar-refractivity contribution is 6.28. The Morgan fingerprint density at radius 2 is 2.05 bits per heavy atom. The van der Waals surface area contributed by atoms with E-state index in [1.165, 1.54) is 6.42 Å². The van der Waals surface area contributed by atoms with Crippen LogP contribution >= 0.6 is 11.6 Å². The molecule has 0 amide bonds. The Morgan fingerprint density at radius 1 is 1.26 bits per heavy atom. The van der Waals surface area contributed by atoms with E-state index in [1.54, 1.807) is 0 Å². The maximum atomic E-state index is 9.29. The number of hydrogen-bond acceptors (Lipinski definition) is 4. The lowest BCUT2D eigenvalue weighted by Crippen LogP contribution is -2.42. The monoisotopic (exact) mass is 277 g/mol. The van der Waals surface area contributed by atoms with Gasteiger partial charge in [-0.3, -0.25) is 0 Å². The van der Waals surface area contributed by atoms with Crippen LogP contribution in [0.3, 0.4) is 0 Å². The first-order chi connectivity index (χ1) is 9.29. The second-order valence-corrected chi connectivity index (χ2v) is 5.17. The number of rotatable bonds is 4. The predicted molar refractivity (Wildman–Crippen MR) is 76.6 cm³/mol. The molecule has 5 heteroatoms. The highest BCUT2D eigenvalue weighted by Gasteiger charge is 2.27. The van der Waals surface area contributed by atoms with E-state index in [1.807, 2.05) is 24.3 Å². The largest absolute Gasteiger partial charge is 0.395 e. The van der Waals surface area contributed by atoms with E-state index in [4.69, 9.17) is 11.6 Å². The Kier molecular flexibility index (Phi) is 3.53. The van der Waals surface area contributed by atoms with E-state index in [-0.39, 0.29) is 11.9 Å². The van der Waals surface area contributed by atoms with Gasteiger partial charge in [0.2, 0.25) is 5.28 Å². The van der Waals surface area contributed by atoms with Gasteiger partial charge in [0.05, 0.1) is 12.1 Å². The molecule has 2 aromatic rings. The summed E-state index contributed by atoms with van der Waals surface area (Å²) in [7, 11) is 0. The Labute approximate surface area is 117 Å². The molecular formula is C14H16ClN3O. The second kappa shape index (κ2) is 5.31. The third-order valence-corrected chi connectivity index (χ3v) is 3.85. The molecule has 1 aliphatic carbocycles. The average molecular weight is 278 g/mol. The summed E-state index contributed by atoms with van der Waals surface area (Å²) in [6, 6.07) is 8.31. The molecule has 1 N–H and O–H groups in total.